The Labute approximate surface area is 143 Å². The van der Waals surface area contributed by atoms with Gasteiger partial charge in [0.2, 0.25) is 5.91 Å². The Kier molecular flexibility index (Phi) is 5.59. The van der Waals surface area contributed by atoms with Crippen molar-refractivity contribution in [3.63, 3.8) is 0 Å². The monoisotopic (exact) mass is 321 g/mol. The molecule has 4 heteroatoms. The van der Waals surface area contributed by atoms with Gasteiger partial charge in [-0.05, 0) is 36.1 Å². The van der Waals surface area contributed by atoms with E-state index in [1.165, 1.54) is 0 Å². The Hall–Kier alpha value is -2.80. The summed E-state index contributed by atoms with van der Waals surface area (Å²) in [5.74, 6) is -0.156. The summed E-state index contributed by atoms with van der Waals surface area (Å²) in [5.41, 5.74) is 2.30. The molecule has 0 aliphatic rings. The number of hydrogen-bond donors (Lipinski definition) is 2. The van der Waals surface area contributed by atoms with E-state index in [-0.39, 0.29) is 18.4 Å². The van der Waals surface area contributed by atoms with Crippen LogP contribution in [0.5, 0.6) is 0 Å². The number of anilines is 1. The van der Waals surface area contributed by atoms with Gasteiger partial charge < -0.3 is 10.6 Å². The number of nitriles is 1. The maximum Gasteiger partial charge on any atom is 0.240 e. The largest absolute Gasteiger partial charge is 0.376 e. The average Bonchev–Trinajstić information content (AvgIpc) is 2.61. The Balaban J connectivity index is 1.93. The zero-order valence-electron chi connectivity index (χ0n) is 14.3. The fourth-order valence-electron chi connectivity index (χ4n) is 2.23. The summed E-state index contributed by atoms with van der Waals surface area (Å²) in [5, 5.41) is 15.1. The van der Waals surface area contributed by atoms with Gasteiger partial charge in [0, 0.05) is 5.69 Å². The van der Waals surface area contributed by atoms with Gasteiger partial charge in [-0.25, -0.2) is 0 Å². The van der Waals surface area contributed by atoms with E-state index in [4.69, 9.17) is 0 Å². The van der Waals surface area contributed by atoms with Crippen molar-refractivity contribution in [2.75, 3.05) is 11.9 Å². The second-order valence-electron chi connectivity index (χ2n) is 6.31. The van der Waals surface area contributed by atoms with Gasteiger partial charge in [0.15, 0.2) is 0 Å². The van der Waals surface area contributed by atoms with Gasteiger partial charge >= 0.3 is 0 Å². The second kappa shape index (κ2) is 7.65. The predicted molar refractivity (Wildman–Crippen MR) is 97.4 cm³/mol. The van der Waals surface area contributed by atoms with Crippen LogP contribution in [0.25, 0.3) is 11.1 Å². The van der Waals surface area contributed by atoms with Crippen LogP contribution in [0, 0.1) is 17.2 Å². The summed E-state index contributed by atoms with van der Waals surface area (Å²) in [6, 6.07) is 20.2. The quantitative estimate of drug-likeness (QED) is 0.850. The van der Waals surface area contributed by atoms with E-state index in [2.05, 4.69) is 28.8 Å². The number of carbonyl (C=O) groups excluding carboxylic acids is 1. The topological polar surface area (TPSA) is 64.9 Å². The lowest BCUT2D eigenvalue weighted by Crippen LogP contribution is -2.50. The van der Waals surface area contributed by atoms with E-state index in [0.29, 0.717) is 0 Å². The number of benzene rings is 2. The van der Waals surface area contributed by atoms with Crippen LogP contribution >= 0.6 is 0 Å². The number of rotatable bonds is 6. The summed E-state index contributed by atoms with van der Waals surface area (Å²) in [6.45, 7) is 5.71. The average molecular weight is 321 g/mol. The molecule has 24 heavy (non-hydrogen) atoms. The maximum absolute atomic E-state index is 12.1. The first-order valence-electron chi connectivity index (χ1n) is 8.06. The summed E-state index contributed by atoms with van der Waals surface area (Å²) in [4.78, 5) is 12.1. The van der Waals surface area contributed by atoms with Crippen LogP contribution < -0.4 is 10.6 Å². The molecule has 0 saturated carbocycles. The molecule has 0 heterocycles. The maximum atomic E-state index is 12.1. The Morgan fingerprint density at radius 3 is 2.21 bits per heavy atom. The zero-order valence-corrected chi connectivity index (χ0v) is 14.3. The molecular weight excluding hydrogens is 298 g/mol. The van der Waals surface area contributed by atoms with Gasteiger partial charge in [-0.3, -0.25) is 4.79 Å². The highest BCUT2D eigenvalue weighted by molar-refractivity contribution is 5.82. The summed E-state index contributed by atoms with van der Waals surface area (Å²) < 4.78 is 0. The van der Waals surface area contributed by atoms with Crippen molar-refractivity contribution in [2.45, 2.75) is 26.3 Å². The van der Waals surface area contributed by atoms with Crippen molar-refractivity contribution in [1.29, 1.82) is 5.26 Å². The molecule has 0 aromatic heterocycles. The second-order valence-corrected chi connectivity index (χ2v) is 6.31. The number of nitrogens with one attached hydrogen (secondary N) is 2. The smallest absolute Gasteiger partial charge is 0.240 e. The van der Waals surface area contributed by atoms with E-state index < -0.39 is 5.54 Å². The molecule has 124 valence electrons. The number of hydrogen-bond acceptors (Lipinski definition) is 3. The summed E-state index contributed by atoms with van der Waals surface area (Å²) in [6.07, 6.45) is 0. The highest BCUT2D eigenvalue weighted by Gasteiger charge is 2.29. The zero-order chi connectivity index (χ0) is 17.6. The van der Waals surface area contributed by atoms with E-state index in [9.17, 15) is 10.1 Å². The lowest BCUT2D eigenvalue weighted by atomic mass is 9.90. The molecule has 2 N–H and O–H groups in total. The van der Waals surface area contributed by atoms with Crippen molar-refractivity contribution in [3.8, 4) is 17.2 Å². The predicted octanol–water partition coefficient (Wildman–Crippen LogP) is 3.82. The van der Waals surface area contributed by atoms with Crippen LogP contribution in [-0.2, 0) is 4.79 Å². The molecule has 2 aromatic carbocycles. The van der Waals surface area contributed by atoms with E-state index in [1.807, 2.05) is 56.3 Å². The van der Waals surface area contributed by atoms with Crippen LogP contribution in [0.2, 0.25) is 0 Å². The molecule has 0 fully saturated rings. The fourth-order valence-corrected chi connectivity index (χ4v) is 2.23. The number of nitrogens with zero attached hydrogens (tertiary/aromatic N) is 1. The molecule has 0 spiro atoms. The number of amides is 1. The van der Waals surface area contributed by atoms with Gasteiger partial charge in [-0.1, -0.05) is 56.3 Å². The standard InChI is InChI=1S/C20H23N3O/c1-15(2)20(3,14-21)23-19(24)13-22-18-11-9-17(10-12-18)16-7-5-4-6-8-16/h4-12,15,22H,13H2,1-3H3,(H,23,24). The SMILES string of the molecule is CC(C)C(C)(C#N)NC(=O)CNc1ccc(-c2ccccc2)cc1. The third kappa shape index (κ3) is 4.36. The van der Waals surface area contributed by atoms with Gasteiger partial charge in [-0.15, -0.1) is 0 Å². The molecule has 0 radical (unpaired) electrons. The fraction of sp³-hybridized carbons (Fsp3) is 0.300. The minimum absolute atomic E-state index is 0.0385. The van der Waals surface area contributed by atoms with Crippen LogP contribution in [0.3, 0.4) is 0 Å². The first kappa shape index (κ1) is 17.6. The minimum atomic E-state index is -0.851. The molecule has 0 aliphatic heterocycles. The number of carbonyl (C=O) groups is 1. The third-order valence-electron chi connectivity index (χ3n) is 4.23. The molecule has 0 aliphatic carbocycles. The van der Waals surface area contributed by atoms with Crippen LogP contribution in [0.15, 0.2) is 54.6 Å². The molecule has 4 nitrogen and oxygen atoms in total. The molecule has 0 saturated heterocycles. The normalized spacial score (nSPS) is 13.0. The van der Waals surface area contributed by atoms with Gasteiger partial charge in [0.1, 0.15) is 5.54 Å². The molecule has 1 amide bonds. The first-order valence-corrected chi connectivity index (χ1v) is 8.06. The highest BCUT2D eigenvalue weighted by atomic mass is 16.2. The van der Waals surface area contributed by atoms with Crippen molar-refractivity contribution in [1.82, 2.24) is 5.32 Å². The van der Waals surface area contributed by atoms with Gasteiger partial charge in [0.05, 0.1) is 12.6 Å². The Morgan fingerprint density at radius 1 is 1.08 bits per heavy atom. The molecule has 2 rings (SSSR count). The van der Waals surface area contributed by atoms with Crippen LogP contribution in [-0.4, -0.2) is 18.0 Å². The van der Waals surface area contributed by atoms with Crippen molar-refractivity contribution >= 4 is 11.6 Å². The minimum Gasteiger partial charge on any atom is -0.376 e. The molecule has 2 aromatic rings. The summed E-state index contributed by atoms with van der Waals surface area (Å²) in [7, 11) is 0. The highest BCUT2D eigenvalue weighted by Crippen LogP contribution is 2.21. The van der Waals surface area contributed by atoms with Crippen LogP contribution in [0.4, 0.5) is 5.69 Å². The first-order chi connectivity index (χ1) is 11.4. The Bertz CT molecular complexity index is 717. The molecule has 1 atom stereocenters. The van der Waals surface area contributed by atoms with Crippen LogP contribution in [0.1, 0.15) is 20.8 Å². The summed E-state index contributed by atoms with van der Waals surface area (Å²) >= 11 is 0. The van der Waals surface area contributed by atoms with E-state index in [0.717, 1.165) is 16.8 Å². The molecule has 1 unspecified atom stereocenters. The van der Waals surface area contributed by atoms with Crippen molar-refractivity contribution in [2.24, 2.45) is 5.92 Å². The Morgan fingerprint density at radius 2 is 1.67 bits per heavy atom. The van der Waals surface area contributed by atoms with E-state index in [1.54, 1.807) is 6.92 Å². The molecular formula is C20H23N3O. The third-order valence-corrected chi connectivity index (χ3v) is 4.23. The van der Waals surface area contributed by atoms with Crippen molar-refractivity contribution < 1.29 is 4.79 Å². The molecule has 0 bridgehead atoms. The lowest BCUT2D eigenvalue weighted by molar-refractivity contribution is -0.121. The van der Waals surface area contributed by atoms with Crippen molar-refractivity contribution in [3.05, 3.63) is 54.6 Å². The van der Waals surface area contributed by atoms with Gasteiger partial charge in [-0.2, -0.15) is 5.26 Å². The van der Waals surface area contributed by atoms with E-state index >= 15 is 0 Å². The van der Waals surface area contributed by atoms with Gasteiger partial charge in [0.25, 0.3) is 0 Å². The lowest BCUT2D eigenvalue weighted by Gasteiger charge is -2.27.